The number of amides is 2. The Labute approximate surface area is 193 Å². The summed E-state index contributed by atoms with van der Waals surface area (Å²) in [7, 11) is 1.33. The Kier molecular flexibility index (Phi) is 6.18. The molecule has 1 spiro atoms. The number of hydrogen-bond acceptors (Lipinski definition) is 4. The fraction of sp³-hybridized carbons (Fsp3) is 0.391. The molecule has 1 saturated heterocycles. The smallest absolute Gasteiger partial charge is 0.410 e. The number of piperidine rings is 1. The van der Waals surface area contributed by atoms with Crippen LogP contribution in [-0.2, 0) is 21.6 Å². The topological polar surface area (TPSA) is 59.1 Å². The van der Waals surface area contributed by atoms with Crippen molar-refractivity contribution in [2.45, 2.75) is 31.0 Å². The normalized spacial score (nSPS) is 17.3. The quantitative estimate of drug-likeness (QED) is 0.620. The molecule has 2 heterocycles. The molecule has 2 aromatic carbocycles. The van der Waals surface area contributed by atoms with E-state index in [4.69, 9.17) is 21.1 Å². The largest absolute Gasteiger partial charge is 0.495 e. The van der Waals surface area contributed by atoms with Gasteiger partial charge in [-0.1, -0.05) is 41.9 Å². The van der Waals surface area contributed by atoms with Crippen molar-refractivity contribution < 1.29 is 32.2 Å². The minimum atomic E-state index is -4.60. The van der Waals surface area contributed by atoms with Crippen LogP contribution in [0, 0.1) is 0 Å². The maximum Gasteiger partial charge on any atom is 0.410 e. The zero-order valence-corrected chi connectivity index (χ0v) is 18.6. The van der Waals surface area contributed by atoms with E-state index < -0.39 is 30.1 Å². The zero-order chi connectivity index (χ0) is 23.8. The van der Waals surface area contributed by atoms with Crippen LogP contribution in [0.1, 0.15) is 24.0 Å². The molecule has 6 nitrogen and oxygen atoms in total. The lowest BCUT2D eigenvalue weighted by Crippen LogP contribution is -2.51. The summed E-state index contributed by atoms with van der Waals surface area (Å²) in [6.07, 6.45) is -4.89. The average molecular weight is 483 g/mol. The summed E-state index contributed by atoms with van der Waals surface area (Å²) in [5.74, 6) is -0.535. The first kappa shape index (κ1) is 23.2. The van der Waals surface area contributed by atoms with Gasteiger partial charge in [-0.2, -0.15) is 13.2 Å². The number of anilines is 1. The van der Waals surface area contributed by atoms with Crippen molar-refractivity contribution >= 4 is 29.3 Å². The van der Waals surface area contributed by atoms with Gasteiger partial charge in [-0.25, -0.2) is 4.79 Å². The predicted molar refractivity (Wildman–Crippen MR) is 116 cm³/mol. The number of hydrogen-bond donors (Lipinski definition) is 0. The Bertz CT molecular complexity index is 1050. The van der Waals surface area contributed by atoms with Crippen LogP contribution in [0.2, 0.25) is 5.02 Å². The number of carbonyl (C=O) groups excluding carboxylic acids is 2. The van der Waals surface area contributed by atoms with E-state index in [9.17, 15) is 22.8 Å². The van der Waals surface area contributed by atoms with Crippen LogP contribution < -0.4 is 9.64 Å². The van der Waals surface area contributed by atoms with Gasteiger partial charge in [0.1, 0.15) is 18.9 Å². The molecule has 0 radical (unpaired) electrons. The maximum absolute atomic E-state index is 13.4. The molecular weight excluding hydrogens is 461 g/mol. The SMILES string of the molecule is COc1ccc(Cl)c2c1N(CC(F)(F)F)C(=O)C21CCN(C(=O)OCc2ccccc2)CC1. The van der Waals surface area contributed by atoms with E-state index in [2.05, 4.69) is 0 Å². The average Bonchev–Trinajstić information content (AvgIpc) is 3.01. The van der Waals surface area contributed by atoms with Crippen LogP contribution in [0.15, 0.2) is 42.5 Å². The van der Waals surface area contributed by atoms with Crippen LogP contribution in [0.4, 0.5) is 23.7 Å². The van der Waals surface area contributed by atoms with Crippen LogP contribution in [0.25, 0.3) is 0 Å². The van der Waals surface area contributed by atoms with E-state index in [1.165, 1.54) is 24.1 Å². The van der Waals surface area contributed by atoms with Gasteiger partial charge < -0.3 is 14.4 Å². The molecular formula is C23H22ClF3N2O4. The van der Waals surface area contributed by atoms with E-state index >= 15 is 0 Å². The molecule has 2 amide bonds. The Morgan fingerprint density at radius 2 is 1.79 bits per heavy atom. The summed E-state index contributed by atoms with van der Waals surface area (Å²) < 4.78 is 50.6. The van der Waals surface area contributed by atoms with Gasteiger partial charge in [0.15, 0.2) is 0 Å². The van der Waals surface area contributed by atoms with Crippen molar-refractivity contribution in [1.29, 1.82) is 0 Å². The standard InChI is InChI=1S/C23H22ClF3N2O4/c1-32-17-8-7-16(24)18-19(17)29(14-23(25,26)27)20(30)22(18)9-11-28(12-10-22)21(31)33-13-15-5-3-2-4-6-15/h2-8H,9-14H2,1H3. The van der Waals surface area contributed by atoms with Gasteiger partial charge in [0, 0.05) is 23.7 Å². The molecule has 2 aliphatic heterocycles. The van der Waals surface area contributed by atoms with Crippen LogP contribution in [0.5, 0.6) is 5.75 Å². The molecule has 4 rings (SSSR count). The van der Waals surface area contributed by atoms with Crippen molar-refractivity contribution in [2.75, 3.05) is 31.6 Å². The molecule has 0 unspecified atom stereocenters. The Morgan fingerprint density at radius 3 is 2.39 bits per heavy atom. The Hall–Kier alpha value is -2.94. The van der Waals surface area contributed by atoms with E-state index in [0.29, 0.717) is 10.5 Å². The second-order valence-corrected chi connectivity index (χ2v) is 8.50. The van der Waals surface area contributed by atoms with Gasteiger partial charge in [0.05, 0.1) is 18.2 Å². The number of halogens is 4. The molecule has 1 fully saturated rings. The van der Waals surface area contributed by atoms with E-state index in [1.807, 2.05) is 30.3 Å². The summed E-state index contributed by atoms with van der Waals surface area (Å²) in [6.45, 7) is -1.05. The van der Waals surface area contributed by atoms with E-state index in [1.54, 1.807) is 0 Å². The minimum Gasteiger partial charge on any atom is -0.495 e. The molecule has 0 bridgehead atoms. The highest BCUT2D eigenvalue weighted by Crippen LogP contribution is 2.54. The number of rotatable bonds is 4. The Balaban J connectivity index is 1.57. The second kappa shape index (κ2) is 8.78. The highest BCUT2D eigenvalue weighted by molar-refractivity contribution is 6.33. The van der Waals surface area contributed by atoms with Crippen LogP contribution in [0.3, 0.4) is 0 Å². The number of fused-ring (bicyclic) bond motifs is 2. The summed E-state index contributed by atoms with van der Waals surface area (Å²) in [5.41, 5.74) is -0.0500. The summed E-state index contributed by atoms with van der Waals surface area (Å²) >= 11 is 6.42. The third kappa shape index (κ3) is 4.34. The molecule has 10 heteroatoms. The summed E-state index contributed by atoms with van der Waals surface area (Å²) in [5, 5.41) is 0.198. The number of benzene rings is 2. The lowest BCUT2D eigenvalue weighted by molar-refractivity contribution is -0.135. The number of likely N-dealkylation sites (tertiary alicyclic amines) is 1. The third-order valence-corrected chi connectivity index (χ3v) is 6.45. The van der Waals surface area contributed by atoms with Gasteiger partial charge in [-0.05, 0) is 30.5 Å². The highest BCUT2D eigenvalue weighted by atomic mass is 35.5. The number of nitrogens with zero attached hydrogens (tertiary/aromatic N) is 2. The van der Waals surface area contributed by atoms with Gasteiger partial charge in [-0.15, -0.1) is 0 Å². The molecule has 33 heavy (non-hydrogen) atoms. The fourth-order valence-electron chi connectivity index (χ4n) is 4.58. The van der Waals surface area contributed by atoms with Gasteiger partial charge in [0.25, 0.3) is 0 Å². The number of ether oxygens (including phenoxy) is 2. The monoisotopic (exact) mass is 482 g/mol. The molecule has 2 aromatic rings. The third-order valence-electron chi connectivity index (χ3n) is 6.13. The molecule has 0 aliphatic carbocycles. The molecule has 0 aromatic heterocycles. The molecule has 0 atom stereocenters. The van der Waals surface area contributed by atoms with Gasteiger partial charge in [-0.3, -0.25) is 9.69 Å². The van der Waals surface area contributed by atoms with Crippen molar-refractivity contribution in [2.24, 2.45) is 0 Å². The van der Waals surface area contributed by atoms with Crippen molar-refractivity contribution in [1.82, 2.24) is 4.90 Å². The second-order valence-electron chi connectivity index (χ2n) is 8.09. The van der Waals surface area contributed by atoms with Crippen molar-refractivity contribution in [3.8, 4) is 5.75 Å². The van der Waals surface area contributed by atoms with Gasteiger partial charge >= 0.3 is 12.3 Å². The van der Waals surface area contributed by atoms with Crippen molar-refractivity contribution in [3.05, 3.63) is 58.6 Å². The first-order valence-corrected chi connectivity index (χ1v) is 10.8. The number of carbonyl (C=O) groups is 2. The lowest BCUT2D eigenvalue weighted by atomic mass is 9.73. The predicted octanol–water partition coefficient (Wildman–Crippen LogP) is 4.93. The molecule has 0 saturated carbocycles. The van der Waals surface area contributed by atoms with E-state index in [-0.39, 0.29) is 49.0 Å². The minimum absolute atomic E-state index is 0.0485. The van der Waals surface area contributed by atoms with Crippen LogP contribution >= 0.6 is 11.6 Å². The fourth-order valence-corrected chi connectivity index (χ4v) is 4.91. The maximum atomic E-state index is 13.4. The van der Waals surface area contributed by atoms with Crippen LogP contribution in [-0.4, -0.2) is 49.8 Å². The summed E-state index contributed by atoms with van der Waals surface area (Å²) in [4.78, 5) is 28.1. The van der Waals surface area contributed by atoms with E-state index in [0.717, 1.165) is 5.56 Å². The lowest BCUT2D eigenvalue weighted by Gasteiger charge is -2.38. The van der Waals surface area contributed by atoms with Gasteiger partial charge in [0.2, 0.25) is 5.91 Å². The van der Waals surface area contributed by atoms with Crippen molar-refractivity contribution in [3.63, 3.8) is 0 Å². The first-order valence-electron chi connectivity index (χ1n) is 10.4. The zero-order valence-electron chi connectivity index (χ0n) is 17.8. The number of alkyl halides is 3. The highest BCUT2D eigenvalue weighted by Gasteiger charge is 2.56. The molecule has 176 valence electrons. The summed E-state index contributed by atoms with van der Waals surface area (Å²) in [6, 6.07) is 12.2. The molecule has 0 N–H and O–H groups in total. The molecule has 2 aliphatic rings. The Morgan fingerprint density at radius 1 is 1.12 bits per heavy atom. The number of methoxy groups -OCH3 is 1. The first-order chi connectivity index (χ1) is 15.7.